The van der Waals surface area contributed by atoms with Gasteiger partial charge in [-0.05, 0) is 66.2 Å². The van der Waals surface area contributed by atoms with Crippen molar-refractivity contribution in [3.05, 3.63) is 80.0 Å². The number of aryl methyl sites for hydroxylation is 1. The van der Waals surface area contributed by atoms with Gasteiger partial charge in [-0.3, -0.25) is 4.79 Å². The fourth-order valence-corrected chi connectivity index (χ4v) is 4.24. The standard InChI is InChI=1S/C22H19Br2N3O4/c1-13-9-15(14(2)27(13)19-6-4-3-5-17(19)22(29)30)11-25-26-21(28)12-31-20-8-7-16(23)10-18(20)24/h3-11H,12H2,1-2H3,(H,26,28)(H,29,30)/b25-11+. The van der Waals surface area contributed by atoms with Crippen molar-refractivity contribution in [3.63, 3.8) is 0 Å². The molecule has 0 radical (unpaired) electrons. The summed E-state index contributed by atoms with van der Waals surface area (Å²) >= 11 is 6.73. The van der Waals surface area contributed by atoms with Gasteiger partial charge in [0.2, 0.25) is 0 Å². The van der Waals surface area contributed by atoms with Crippen molar-refractivity contribution < 1.29 is 19.4 Å². The van der Waals surface area contributed by atoms with Crippen LogP contribution < -0.4 is 10.2 Å². The number of hydrogen-bond donors (Lipinski definition) is 2. The molecule has 160 valence electrons. The van der Waals surface area contributed by atoms with E-state index in [0.29, 0.717) is 11.4 Å². The number of carboxylic acids is 1. The van der Waals surface area contributed by atoms with Crippen molar-refractivity contribution in [2.24, 2.45) is 5.10 Å². The van der Waals surface area contributed by atoms with Crippen LogP contribution >= 0.6 is 31.9 Å². The summed E-state index contributed by atoms with van der Waals surface area (Å²) in [6.45, 7) is 3.55. The maximum absolute atomic E-state index is 12.0. The molecule has 0 aliphatic carbocycles. The maximum atomic E-state index is 12.0. The van der Waals surface area contributed by atoms with Crippen molar-refractivity contribution in [1.29, 1.82) is 0 Å². The molecule has 0 aliphatic heterocycles. The lowest BCUT2D eigenvalue weighted by molar-refractivity contribution is -0.123. The van der Waals surface area contributed by atoms with Crippen LogP contribution in [0.2, 0.25) is 0 Å². The lowest BCUT2D eigenvalue weighted by Crippen LogP contribution is -2.24. The number of halogens is 2. The fraction of sp³-hybridized carbons (Fsp3) is 0.136. The second kappa shape index (κ2) is 9.93. The molecule has 0 saturated heterocycles. The van der Waals surface area contributed by atoms with Crippen LogP contribution in [-0.4, -0.2) is 34.4 Å². The van der Waals surface area contributed by atoms with Crippen LogP contribution in [-0.2, 0) is 4.79 Å². The van der Waals surface area contributed by atoms with Gasteiger partial charge in [-0.15, -0.1) is 0 Å². The van der Waals surface area contributed by atoms with Crippen LogP contribution in [0, 0.1) is 13.8 Å². The lowest BCUT2D eigenvalue weighted by atomic mass is 10.1. The van der Waals surface area contributed by atoms with Gasteiger partial charge in [0.1, 0.15) is 5.75 Å². The van der Waals surface area contributed by atoms with Crippen LogP contribution in [0.1, 0.15) is 27.3 Å². The van der Waals surface area contributed by atoms with Gasteiger partial charge in [0, 0.05) is 21.4 Å². The Balaban J connectivity index is 1.69. The number of benzene rings is 2. The minimum Gasteiger partial charge on any atom is -0.483 e. The van der Waals surface area contributed by atoms with Crippen molar-refractivity contribution in [1.82, 2.24) is 9.99 Å². The van der Waals surface area contributed by atoms with E-state index in [1.165, 1.54) is 6.21 Å². The number of aromatic carboxylic acids is 1. The van der Waals surface area contributed by atoms with E-state index in [-0.39, 0.29) is 12.2 Å². The van der Waals surface area contributed by atoms with E-state index >= 15 is 0 Å². The van der Waals surface area contributed by atoms with E-state index in [1.807, 2.05) is 36.6 Å². The smallest absolute Gasteiger partial charge is 0.337 e. The number of hydrazone groups is 1. The van der Waals surface area contributed by atoms with Crippen molar-refractivity contribution in [2.75, 3.05) is 6.61 Å². The molecule has 0 spiro atoms. The van der Waals surface area contributed by atoms with Gasteiger partial charge in [-0.1, -0.05) is 28.1 Å². The summed E-state index contributed by atoms with van der Waals surface area (Å²) in [5.74, 6) is -0.859. The van der Waals surface area contributed by atoms with Gasteiger partial charge in [0.15, 0.2) is 6.61 Å². The second-order valence-electron chi connectivity index (χ2n) is 6.64. The lowest BCUT2D eigenvalue weighted by Gasteiger charge is -2.12. The SMILES string of the molecule is Cc1cc(/C=N/NC(=O)COc2ccc(Br)cc2Br)c(C)n1-c1ccccc1C(=O)O. The molecule has 0 fully saturated rings. The Kier molecular flexibility index (Phi) is 7.29. The topological polar surface area (TPSA) is 92.9 Å². The Morgan fingerprint density at radius 2 is 1.90 bits per heavy atom. The molecule has 2 N–H and O–H groups in total. The molecule has 3 aromatic rings. The van der Waals surface area contributed by atoms with Gasteiger partial charge in [-0.25, -0.2) is 10.2 Å². The van der Waals surface area contributed by atoms with Crippen LogP contribution in [0.25, 0.3) is 5.69 Å². The molecule has 9 heteroatoms. The maximum Gasteiger partial charge on any atom is 0.337 e. The molecule has 1 heterocycles. The minimum absolute atomic E-state index is 0.192. The molecule has 2 aromatic carbocycles. The number of carboxylic acid groups (broad SMARTS) is 1. The predicted molar refractivity (Wildman–Crippen MR) is 125 cm³/mol. The zero-order chi connectivity index (χ0) is 22.5. The highest BCUT2D eigenvalue weighted by Crippen LogP contribution is 2.28. The summed E-state index contributed by atoms with van der Waals surface area (Å²) in [4.78, 5) is 23.6. The van der Waals surface area contributed by atoms with E-state index in [9.17, 15) is 14.7 Å². The first-order valence-corrected chi connectivity index (χ1v) is 10.8. The summed E-state index contributed by atoms with van der Waals surface area (Å²) < 4.78 is 8.95. The molecule has 1 aromatic heterocycles. The summed E-state index contributed by atoms with van der Waals surface area (Å²) in [7, 11) is 0. The third-order valence-electron chi connectivity index (χ3n) is 4.49. The Morgan fingerprint density at radius 1 is 1.16 bits per heavy atom. The molecule has 0 aliphatic rings. The number of hydrogen-bond acceptors (Lipinski definition) is 4. The number of ether oxygens (including phenoxy) is 1. The van der Waals surface area contributed by atoms with Crippen LogP contribution in [0.3, 0.4) is 0 Å². The third-order valence-corrected chi connectivity index (χ3v) is 5.60. The van der Waals surface area contributed by atoms with E-state index in [0.717, 1.165) is 25.9 Å². The van der Waals surface area contributed by atoms with E-state index in [1.54, 1.807) is 30.3 Å². The van der Waals surface area contributed by atoms with Gasteiger partial charge in [-0.2, -0.15) is 5.10 Å². The quantitative estimate of drug-likeness (QED) is 0.326. The zero-order valence-electron chi connectivity index (χ0n) is 16.7. The van der Waals surface area contributed by atoms with Gasteiger partial charge in [0.05, 0.1) is 21.9 Å². The van der Waals surface area contributed by atoms with Crippen molar-refractivity contribution in [2.45, 2.75) is 13.8 Å². The second-order valence-corrected chi connectivity index (χ2v) is 8.41. The van der Waals surface area contributed by atoms with Gasteiger partial charge >= 0.3 is 5.97 Å². The number of rotatable bonds is 7. The molecular weight excluding hydrogens is 530 g/mol. The summed E-state index contributed by atoms with van der Waals surface area (Å²) in [6.07, 6.45) is 1.52. The third kappa shape index (κ3) is 5.42. The highest BCUT2D eigenvalue weighted by molar-refractivity contribution is 9.11. The first-order valence-electron chi connectivity index (χ1n) is 9.19. The minimum atomic E-state index is -0.997. The first-order chi connectivity index (χ1) is 14.8. The first kappa shape index (κ1) is 22.8. The monoisotopic (exact) mass is 547 g/mol. The van der Waals surface area contributed by atoms with E-state index < -0.39 is 11.9 Å². The number of carbonyl (C=O) groups excluding carboxylic acids is 1. The highest BCUT2D eigenvalue weighted by atomic mass is 79.9. The number of amides is 1. The van der Waals surface area contributed by atoms with Crippen molar-refractivity contribution in [3.8, 4) is 11.4 Å². The van der Waals surface area contributed by atoms with Crippen LogP contribution in [0.4, 0.5) is 0 Å². The average Bonchev–Trinajstić information content (AvgIpc) is 3.00. The molecule has 3 rings (SSSR count). The van der Waals surface area contributed by atoms with Gasteiger partial charge < -0.3 is 14.4 Å². The number of nitrogens with zero attached hydrogens (tertiary/aromatic N) is 2. The summed E-state index contributed by atoms with van der Waals surface area (Å²) in [6, 6.07) is 14.1. The Hall–Kier alpha value is -2.91. The van der Waals surface area contributed by atoms with Crippen LogP contribution in [0.5, 0.6) is 5.75 Å². The molecule has 7 nitrogen and oxygen atoms in total. The largest absolute Gasteiger partial charge is 0.483 e. The van der Waals surface area contributed by atoms with E-state index in [2.05, 4.69) is 42.4 Å². The number of nitrogens with one attached hydrogen (secondary N) is 1. The summed E-state index contributed by atoms with van der Waals surface area (Å²) in [5, 5.41) is 13.5. The molecule has 0 bridgehead atoms. The molecule has 1 amide bonds. The molecular formula is C22H19Br2N3O4. The summed E-state index contributed by atoms with van der Waals surface area (Å²) in [5.41, 5.74) is 5.63. The van der Waals surface area contributed by atoms with Crippen LogP contribution in [0.15, 0.2) is 62.6 Å². The number of aromatic nitrogens is 1. The average molecular weight is 549 g/mol. The predicted octanol–water partition coefficient (Wildman–Crippen LogP) is 4.85. The van der Waals surface area contributed by atoms with Gasteiger partial charge in [0.25, 0.3) is 5.91 Å². The molecule has 31 heavy (non-hydrogen) atoms. The normalized spacial score (nSPS) is 11.0. The van der Waals surface area contributed by atoms with E-state index in [4.69, 9.17) is 4.74 Å². The zero-order valence-corrected chi connectivity index (χ0v) is 19.9. The molecule has 0 saturated carbocycles. The fourth-order valence-electron chi connectivity index (χ4n) is 3.08. The molecule has 0 atom stereocenters. The van der Waals surface area contributed by atoms with Crippen molar-refractivity contribution >= 4 is 50.0 Å². The Morgan fingerprint density at radius 3 is 2.61 bits per heavy atom. The Bertz CT molecular complexity index is 1170. The molecule has 0 unspecified atom stereocenters. The number of para-hydroxylation sites is 1. The number of carbonyl (C=O) groups is 2. The highest BCUT2D eigenvalue weighted by Gasteiger charge is 2.16. The Labute approximate surface area is 196 Å².